The summed E-state index contributed by atoms with van der Waals surface area (Å²) in [6, 6.07) is 3.47. The van der Waals surface area contributed by atoms with E-state index in [9.17, 15) is 13.4 Å². The fourth-order valence-electron chi connectivity index (χ4n) is 1.74. The number of hydrogen-bond acceptors (Lipinski definition) is 2. The number of amides is 2. The summed E-state index contributed by atoms with van der Waals surface area (Å²) in [5.41, 5.74) is -0.0581. The van der Waals surface area contributed by atoms with E-state index in [4.69, 9.17) is 11.6 Å². The third-order valence-electron chi connectivity index (χ3n) is 2.62. The first-order chi connectivity index (χ1) is 8.50. The van der Waals surface area contributed by atoms with E-state index in [1.54, 1.807) is 0 Å². The topological polar surface area (TPSA) is 58.5 Å². The quantitative estimate of drug-likeness (QED) is 0.863. The van der Waals surface area contributed by atoms with E-state index in [0.717, 1.165) is 12.8 Å². The van der Waals surface area contributed by atoms with Crippen LogP contribution in [0.4, 0.5) is 14.9 Å². The molecule has 1 aromatic rings. The number of nitrogens with zero attached hydrogens (tertiary/aromatic N) is 1. The molecule has 18 heavy (non-hydrogen) atoms. The van der Waals surface area contributed by atoms with Crippen molar-refractivity contribution < 1.29 is 13.4 Å². The van der Waals surface area contributed by atoms with Crippen molar-refractivity contribution in [1.82, 2.24) is 0 Å². The summed E-state index contributed by atoms with van der Waals surface area (Å²) in [4.78, 5) is 11.6. The van der Waals surface area contributed by atoms with Crippen LogP contribution in [0.1, 0.15) is 12.8 Å². The number of hydrogen-bond donors (Lipinski definition) is 1. The molecule has 1 N–H and O–H groups in total. The van der Waals surface area contributed by atoms with Gasteiger partial charge in [-0.15, -0.1) is 4.36 Å². The zero-order valence-corrected chi connectivity index (χ0v) is 11.1. The highest BCUT2D eigenvalue weighted by Crippen LogP contribution is 2.22. The van der Waals surface area contributed by atoms with Gasteiger partial charge in [0.15, 0.2) is 5.82 Å². The smallest absolute Gasteiger partial charge is 0.303 e. The number of urea groups is 1. The van der Waals surface area contributed by atoms with Crippen LogP contribution in [0, 0.1) is 5.82 Å². The van der Waals surface area contributed by atoms with Crippen LogP contribution in [0.3, 0.4) is 0 Å². The average molecular weight is 291 g/mol. The molecule has 1 aliphatic heterocycles. The summed E-state index contributed by atoms with van der Waals surface area (Å²) >= 11 is 5.58. The molecule has 0 aliphatic carbocycles. The van der Waals surface area contributed by atoms with Crippen LogP contribution < -0.4 is 5.32 Å². The highest BCUT2D eigenvalue weighted by molar-refractivity contribution is 7.94. The van der Waals surface area contributed by atoms with Crippen molar-refractivity contribution in [1.29, 1.82) is 0 Å². The molecule has 1 heterocycles. The molecule has 0 saturated carbocycles. The van der Waals surface area contributed by atoms with Gasteiger partial charge in [0.05, 0.1) is 20.4 Å². The zero-order valence-electron chi connectivity index (χ0n) is 9.49. The second-order valence-electron chi connectivity index (χ2n) is 4.01. The van der Waals surface area contributed by atoms with Gasteiger partial charge in [0.25, 0.3) is 0 Å². The number of carbonyl (C=O) groups is 1. The first kappa shape index (κ1) is 13.3. The maximum atomic E-state index is 13.5. The molecule has 1 saturated heterocycles. The fourth-order valence-corrected chi connectivity index (χ4v) is 3.96. The number of nitrogens with one attached hydrogen (secondary N) is 1. The van der Waals surface area contributed by atoms with Crippen molar-refractivity contribution in [2.45, 2.75) is 12.8 Å². The predicted molar refractivity (Wildman–Crippen MR) is 70.0 cm³/mol. The highest BCUT2D eigenvalue weighted by atomic mass is 35.5. The molecule has 4 nitrogen and oxygen atoms in total. The number of rotatable bonds is 1. The van der Waals surface area contributed by atoms with E-state index in [-0.39, 0.29) is 10.7 Å². The number of anilines is 1. The largest absolute Gasteiger partial charge is 0.353 e. The summed E-state index contributed by atoms with van der Waals surface area (Å²) in [5.74, 6) is 0.140. The Bertz CT molecular complexity index is 585. The van der Waals surface area contributed by atoms with E-state index < -0.39 is 21.6 Å². The summed E-state index contributed by atoms with van der Waals surface area (Å²) in [6.07, 6.45) is 1.61. The third-order valence-corrected chi connectivity index (χ3v) is 5.26. The first-order valence-electron chi connectivity index (χ1n) is 5.48. The molecule has 2 amide bonds. The maximum Gasteiger partial charge on any atom is 0.353 e. The van der Waals surface area contributed by atoms with Gasteiger partial charge in [-0.2, -0.15) is 0 Å². The van der Waals surface area contributed by atoms with Crippen LogP contribution in [0.25, 0.3) is 0 Å². The molecular formula is C11H12ClFN2O2S. The number of carbonyl (C=O) groups excluding carboxylic acids is 1. The van der Waals surface area contributed by atoms with Crippen LogP contribution in [-0.2, 0) is 9.73 Å². The SMILES string of the molecule is O=C(N=S1(=O)CCCC1)Nc1cccc(Cl)c1F. The van der Waals surface area contributed by atoms with E-state index in [1.807, 2.05) is 0 Å². The van der Waals surface area contributed by atoms with Gasteiger partial charge >= 0.3 is 6.03 Å². The van der Waals surface area contributed by atoms with Gasteiger partial charge in [-0.3, -0.25) is 0 Å². The molecule has 0 aromatic heterocycles. The van der Waals surface area contributed by atoms with Gasteiger partial charge in [-0.25, -0.2) is 13.4 Å². The first-order valence-corrected chi connectivity index (χ1v) is 7.71. The van der Waals surface area contributed by atoms with Crippen molar-refractivity contribution in [3.63, 3.8) is 0 Å². The normalized spacial score (nSPS) is 17.4. The monoisotopic (exact) mass is 290 g/mol. The van der Waals surface area contributed by atoms with Crippen LogP contribution in [0.2, 0.25) is 5.02 Å². The number of halogens is 2. The Morgan fingerprint density at radius 1 is 1.39 bits per heavy atom. The average Bonchev–Trinajstić information content (AvgIpc) is 2.71. The standard InChI is InChI=1S/C11H12ClFN2O2S/c12-8-4-3-5-9(10(8)13)14-11(16)15-18(17)6-1-2-7-18/h3-5H,1-2,6-7H2,(H,14,16). The van der Waals surface area contributed by atoms with Gasteiger partial charge in [0.2, 0.25) is 0 Å². The lowest BCUT2D eigenvalue weighted by atomic mass is 10.3. The lowest BCUT2D eigenvalue weighted by Gasteiger charge is -2.05. The van der Waals surface area contributed by atoms with Gasteiger partial charge in [-0.1, -0.05) is 17.7 Å². The van der Waals surface area contributed by atoms with Crippen LogP contribution in [-0.4, -0.2) is 21.7 Å². The van der Waals surface area contributed by atoms with Gasteiger partial charge < -0.3 is 5.32 Å². The second kappa shape index (κ2) is 5.24. The van der Waals surface area contributed by atoms with E-state index in [2.05, 4.69) is 9.68 Å². The molecule has 98 valence electrons. The minimum atomic E-state index is -2.44. The van der Waals surface area contributed by atoms with Crippen molar-refractivity contribution in [3.8, 4) is 0 Å². The van der Waals surface area contributed by atoms with E-state index in [1.165, 1.54) is 18.2 Å². The Balaban J connectivity index is 2.17. The molecule has 2 rings (SSSR count). The molecule has 1 fully saturated rings. The summed E-state index contributed by atoms with van der Waals surface area (Å²) in [7, 11) is -2.44. The molecule has 1 aromatic carbocycles. The molecule has 7 heteroatoms. The molecular weight excluding hydrogens is 279 g/mol. The van der Waals surface area contributed by atoms with Crippen LogP contribution in [0.5, 0.6) is 0 Å². The highest BCUT2D eigenvalue weighted by Gasteiger charge is 2.18. The zero-order chi connectivity index (χ0) is 13.2. The fraction of sp³-hybridized carbons (Fsp3) is 0.364. The molecule has 0 bridgehead atoms. The Kier molecular flexibility index (Phi) is 3.87. The third kappa shape index (κ3) is 3.00. The number of benzene rings is 1. The molecule has 0 spiro atoms. The van der Waals surface area contributed by atoms with Crippen LogP contribution in [0.15, 0.2) is 22.6 Å². The van der Waals surface area contributed by atoms with Crippen molar-refractivity contribution in [2.24, 2.45) is 4.36 Å². The predicted octanol–water partition coefficient (Wildman–Crippen LogP) is 3.27. The van der Waals surface area contributed by atoms with E-state index in [0.29, 0.717) is 11.5 Å². The van der Waals surface area contributed by atoms with Crippen molar-refractivity contribution >= 4 is 33.0 Å². The maximum absolute atomic E-state index is 13.5. The summed E-state index contributed by atoms with van der Waals surface area (Å²) in [5, 5.41) is 2.17. The lowest BCUT2D eigenvalue weighted by molar-refractivity contribution is 0.260. The summed E-state index contributed by atoms with van der Waals surface area (Å²) in [6.45, 7) is 0. The molecule has 0 atom stereocenters. The molecule has 0 unspecified atom stereocenters. The second-order valence-corrected chi connectivity index (χ2v) is 6.96. The Hall–Kier alpha value is -1.14. The summed E-state index contributed by atoms with van der Waals surface area (Å²) < 4.78 is 29.1. The van der Waals surface area contributed by atoms with Crippen molar-refractivity contribution in [2.75, 3.05) is 16.8 Å². The van der Waals surface area contributed by atoms with Gasteiger partial charge in [0.1, 0.15) is 0 Å². The Morgan fingerprint density at radius 2 is 2.06 bits per heavy atom. The minimum absolute atomic E-state index is 0.0581. The van der Waals surface area contributed by atoms with Crippen molar-refractivity contribution in [3.05, 3.63) is 29.0 Å². The van der Waals surface area contributed by atoms with Gasteiger partial charge in [0, 0.05) is 11.5 Å². The van der Waals surface area contributed by atoms with Crippen LogP contribution >= 0.6 is 11.6 Å². The Morgan fingerprint density at radius 3 is 2.72 bits per heavy atom. The Labute approximate surface area is 110 Å². The van der Waals surface area contributed by atoms with E-state index >= 15 is 0 Å². The minimum Gasteiger partial charge on any atom is -0.303 e. The molecule has 0 radical (unpaired) electrons. The van der Waals surface area contributed by atoms with Gasteiger partial charge in [-0.05, 0) is 25.0 Å². The lowest BCUT2D eigenvalue weighted by Crippen LogP contribution is -2.12. The molecule has 1 aliphatic rings.